The van der Waals surface area contributed by atoms with Crippen LogP contribution in [0, 0.1) is 13.8 Å². The van der Waals surface area contributed by atoms with Gasteiger partial charge in [0.2, 0.25) is 0 Å². The molecule has 0 atom stereocenters. The molecule has 0 unspecified atom stereocenters. The van der Waals surface area contributed by atoms with E-state index in [-0.39, 0.29) is 0 Å². The lowest BCUT2D eigenvalue weighted by atomic mass is 9.90. The van der Waals surface area contributed by atoms with E-state index in [1.165, 1.54) is 50.1 Å². The average Bonchev–Trinajstić information content (AvgIpc) is 3.05. The zero-order chi connectivity index (χ0) is 29.4. The van der Waals surface area contributed by atoms with Crippen molar-refractivity contribution in [2.24, 2.45) is 0 Å². The number of benzene rings is 6. The molecule has 6 rings (SSSR count). The van der Waals surface area contributed by atoms with Crippen molar-refractivity contribution >= 4 is 11.1 Å². The molecular weight excluding hydrogens is 504 g/mol. The van der Waals surface area contributed by atoms with Crippen LogP contribution in [-0.2, 0) is 6.42 Å². The van der Waals surface area contributed by atoms with Crippen molar-refractivity contribution < 1.29 is 0 Å². The van der Waals surface area contributed by atoms with Gasteiger partial charge in [0.25, 0.3) is 0 Å². The largest absolute Gasteiger partial charge is 0.0622 e. The Morgan fingerprint density at radius 1 is 0.357 bits per heavy atom. The molecule has 0 bridgehead atoms. The fraction of sp³-hybridized carbons (Fsp3) is 0.0952. The van der Waals surface area contributed by atoms with Crippen molar-refractivity contribution in [2.75, 3.05) is 0 Å². The highest BCUT2D eigenvalue weighted by Crippen LogP contribution is 2.32. The van der Waals surface area contributed by atoms with Crippen LogP contribution in [0.1, 0.15) is 45.9 Å². The first kappa shape index (κ1) is 30.0. The van der Waals surface area contributed by atoms with Crippen LogP contribution in [0.5, 0.6) is 0 Å². The second-order valence-electron chi connectivity index (χ2n) is 10.4. The fourth-order valence-corrected chi connectivity index (χ4v) is 4.72. The quantitative estimate of drug-likeness (QED) is 0.189. The minimum Gasteiger partial charge on any atom is -0.0622 e. The lowest BCUT2D eigenvalue weighted by molar-refractivity contribution is 1.19. The van der Waals surface area contributed by atoms with Gasteiger partial charge >= 0.3 is 0 Å². The highest BCUT2D eigenvalue weighted by Gasteiger charge is 2.10. The molecular formula is C42H40. The lowest BCUT2D eigenvalue weighted by Gasteiger charge is -2.14. The molecule has 0 aliphatic carbocycles. The molecule has 0 aliphatic heterocycles. The molecule has 0 nitrogen and oxygen atoms in total. The van der Waals surface area contributed by atoms with Gasteiger partial charge in [-0.05, 0) is 66.2 Å². The van der Waals surface area contributed by atoms with Crippen molar-refractivity contribution in [1.82, 2.24) is 0 Å². The number of rotatable bonds is 5. The second-order valence-corrected chi connectivity index (χ2v) is 10.4. The molecule has 6 aromatic rings. The van der Waals surface area contributed by atoms with E-state index in [1.807, 2.05) is 18.2 Å². The summed E-state index contributed by atoms with van der Waals surface area (Å²) in [5, 5.41) is 0. The van der Waals surface area contributed by atoms with E-state index in [0.717, 1.165) is 6.42 Å². The van der Waals surface area contributed by atoms with Gasteiger partial charge in [-0.15, -0.1) is 0 Å². The molecule has 0 saturated heterocycles. The van der Waals surface area contributed by atoms with Gasteiger partial charge in [-0.25, -0.2) is 0 Å². The summed E-state index contributed by atoms with van der Waals surface area (Å²) in [6, 6.07) is 61.3. The highest BCUT2D eigenvalue weighted by atomic mass is 14.1. The van der Waals surface area contributed by atoms with Crippen LogP contribution in [0.25, 0.3) is 11.1 Å². The van der Waals surface area contributed by atoms with Crippen LogP contribution in [0.4, 0.5) is 0 Å². The third-order valence-corrected chi connectivity index (χ3v) is 7.02. The first-order chi connectivity index (χ1) is 20.6. The first-order valence-electron chi connectivity index (χ1n) is 14.6. The predicted octanol–water partition coefficient (Wildman–Crippen LogP) is 11.2. The molecule has 42 heavy (non-hydrogen) atoms. The molecule has 0 heterocycles. The molecule has 208 valence electrons. The van der Waals surface area contributed by atoms with Crippen molar-refractivity contribution in [2.45, 2.75) is 27.2 Å². The maximum Gasteiger partial charge on any atom is -0.00258 e. The van der Waals surface area contributed by atoms with Gasteiger partial charge in [0.15, 0.2) is 0 Å². The number of allylic oxidation sites excluding steroid dienone is 1. The number of hydrogen-bond donors (Lipinski definition) is 0. The van der Waals surface area contributed by atoms with E-state index in [0.29, 0.717) is 0 Å². The van der Waals surface area contributed by atoms with Crippen LogP contribution < -0.4 is 0 Å². The van der Waals surface area contributed by atoms with E-state index in [9.17, 15) is 0 Å². The van der Waals surface area contributed by atoms with Crippen molar-refractivity contribution in [3.8, 4) is 0 Å². The summed E-state index contributed by atoms with van der Waals surface area (Å²) in [5.74, 6) is 0. The van der Waals surface area contributed by atoms with Gasteiger partial charge in [-0.3, -0.25) is 0 Å². The Balaban J connectivity index is 0.000000169. The lowest BCUT2D eigenvalue weighted by Crippen LogP contribution is -1.92. The Morgan fingerprint density at radius 3 is 1.05 bits per heavy atom. The second kappa shape index (κ2) is 16.4. The Hall–Kier alpha value is -4.94. The Bertz CT molecular complexity index is 1520. The van der Waals surface area contributed by atoms with E-state index < -0.39 is 0 Å². The van der Waals surface area contributed by atoms with Crippen LogP contribution in [-0.4, -0.2) is 0 Å². The summed E-state index contributed by atoms with van der Waals surface area (Å²) in [6.45, 7) is 6.41. The van der Waals surface area contributed by atoms with Crippen LogP contribution in [0.2, 0.25) is 0 Å². The Labute approximate surface area is 252 Å². The molecule has 0 aliphatic rings. The van der Waals surface area contributed by atoms with E-state index in [4.69, 9.17) is 0 Å². The van der Waals surface area contributed by atoms with Gasteiger partial charge < -0.3 is 0 Å². The standard InChI is InChI=1S/C22H20.C13H12.C7H8/c1-17-13-15-19(16-14-17)18(2)22(20-9-5-3-6-10-20)21-11-7-4-8-12-21;1-3-7-12(8-4-1)11-13-9-5-2-6-10-13;1-7-5-3-2-4-6-7/h3-16H,1-2H3;1-10H,11H2;2-6H,1H3. The first-order valence-corrected chi connectivity index (χ1v) is 14.6. The van der Waals surface area contributed by atoms with Gasteiger partial charge in [0, 0.05) is 0 Å². The zero-order valence-corrected chi connectivity index (χ0v) is 25.0. The van der Waals surface area contributed by atoms with Crippen molar-refractivity contribution in [3.05, 3.63) is 215 Å². The number of hydrogen-bond acceptors (Lipinski definition) is 0. The molecule has 0 saturated carbocycles. The molecule has 0 N–H and O–H groups in total. The highest BCUT2D eigenvalue weighted by molar-refractivity contribution is 5.97. The molecule has 0 aromatic heterocycles. The zero-order valence-electron chi connectivity index (χ0n) is 25.0. The van der Waals surface area contributed by atoms with Gasteiger partial charge in [-0.1, -0.05) is 187 Å². The van der Waals surface area contributed by atoms with Gasteiger partial charge in [0.05, 0.1) is 0 Å². The summed E-state index contributed by atoms with van der Waals surface area (Å²) >= 11 is 0. The third kappa shape index (κ3) is 9.61. The maximum atomic E-state index is 2.21. The van der Waals surface area contributed by atoms with Crippen LogP contribution in [0.3, 0.4) is 0 Å². The topological polar surface area (TPSA) is 0 Å². The fourth-order valence-electron chi connectivity index (χ4n) is 4.72. The van der Waals surface area contributed by atoms with Crippen molar-refractivity contribution in [3.63, 3.8) is 0 Å². The summed E-state index contributed by atoms with van der Waals surface area (Å²) in [7, 11) is 0. The monoisotopic (exact) mass is 544 g/mol. The van der Waals surface area contributed by atoms with Gasteiger partial charge in [0.1, 0.15) is 0 Å². The molecule has 0 radical (unpaired) electrons. The SMILES string of the molecule is CC(=C(c1ccccc1)c1ccccc1)c1ccc(C)cc1.Cc1ccccc1.c1ccc(Cc2ccccc2)cc1. The normalized spacial score (nSPS) is 9.88. The van der Waals surface area contributed by atoms with Crippen LogP contribution >= 0.6 is 0 Å². The van der Waals surface area contributed by atoms with Gasteiger partial charge in [-0.2, -0.15) is 0 Å². The summed E-state index contributed by atoms with van der Waals surface area (Å²) < 4.78 is 0. The van der Waals surface area contributed by atoms with Crippen molar-refractivity contribution in [1.29, 1.82) is 0 Å². The van der Waals surface area contributed by atoms with E-state index in [2.05, 4.69) is 178 Å². The molecule has 0 heteroatoms. The summed E-state index contributed by atoms with van der Waals surface area (Å²) in [4.78, 5) is 0. The molecule has 6 aromatic carbocycles. The van der Waals surface area contributed by atoms with E-state index in [1.54, 1.807) is 0 Å². The summed E-state index contributed by atoms with van der Waals surface area (Å²) in [6.07, 6.45) is 1.03. The Kier molecular flexibility index (Phi) is 11.7. The summed E-state index contributed by atoms with van der Waals surface area (Å²) in [5.41, 5.74) is 11.7. The average molecular weight is 545 g/mol. The smallest absolute Gasteiger partial charge is 0.00258 e. The predicted molar refractivity (Wildman–Crippen MR) is 183 cm³/mol. The Morgan fingerprint density at radius 2 is 0.690 bits per heavy atom. The number of aryl methyl sites for hydroxylation is 2. The minimum absolute atomic E-state index is 1.03. The third-order valence-electron chi connectivity index (χ3n) is 7.02. The molecule has 0 fully saturated rings. The minimum atomic E-state index is 1.03. The maximum absolute atomic E-state index is 2.21. The van der Waals surface area contributed by atoms with Crippen LogP contribution in [0.15, 0.2) is 176 Å². The molecule has 0 amide bonds. The molecule has 0 spiro atoms. The van der Waals surface area contributed by atoms with E-state index >= 15 is 0 Å².